The number of aliphatic hydroxyl groups is 1. The van der Waals surface area contributed by atoms with Gasteiger partial charge in [0.05, 0.1) is 6.61 Å². The van der Waals surface area contributed by atoms with Crippen molar-refractivity contribution < 1.29 is 42.0 Å². The average molecular weight is 487 g/mol. The van der Waals surface area contributed by atoms with Crippen LogP contribution < -0.4 is 4.74 Å². The first-order chi connectivity index (χ1) is 14.9. The number of pyridine rings is 1. The number of ether oxygens (including phenoxy) is 2. The van der Waals surface area contributed by atoms with Gasteiger partial charge in [-0.2, -0.15) is 0 Å². The molecule has 1 aromatic heterocycles. The smallest absolute Gasteiger partial charge is 0.372 e. The van der Waals surface area contributed by atoms with Gasteiger partial charge in [-0.15, -0.1) is 0 Å². The second-order valence-corrected chi connectivity index (χ2v) is 12.3. The summed E-state index contributed by atoms with van der Waals surface area (Å²) in [6.45, 7) is 8.08. The Balaban J connectivity index is 1.93. The van der Waals surface area contributed by atoms with E-state index < -0.39 is 38.6 Å². The molecule has 0 spiro atoms. The van der Waals surface area contributed by atoms with E-state index in [2.05, 4.69) is 11.6 Å². The van der Waals surface area contributed by atoms with Crippen LogP contribution in [-0.2, 0) is 29.3 Å². The van der Waals surface area contributed by atoms with Gasteiger partial charge in [0.15, 0.2) is 0 Å². The van der Waals surface area contributed by atoms with E-state index in [4.69, 9.17) is 18.5 Å². The molecule has 3 rings (SSSR count). The van der Waals surface area contributed by atoms with Gasteiger partial charge in [-0.1, -0.05) is 6.07 Å². The Morgan fingerprint density at radius 1 is 1.38 bits per heavy atom. The molecule has 1 aliphatic rings. The van der Waals surface area contributed by atoms with Crippen molar-refractivity contribution in [3.05, 3.63) is 71.7 Å². The van der Waals surface area contributed by atoms with Crippen molar-refractivity contribution in [1.82, 2.24) is 4.98 Å². The van der Waals surface area contributed by atoms with Crippen LogP contribution in [0.5, 0.6) is 5.75 Å². The van der Waals surface area contributed by atoms with Crippen molar-refractivity contribution in [1.29, 1.82) is 0 Å². The summed E-state index contributed by atoms with van der Waals surface area (Å²) in [5, 5.41) is 8.25. The lowest BCUT2D eigenvalue weighted by Gasteiger charge is -2.43. The molecule has 2 aromatic rings. The van der Waals surface area contributed by atoms with Gasteiger partial charge in [-0.05, 0) is 43.7 Å². The maximum Gasteiger partial charge on any atom is 0.372 e. The van der Waals surface area contributed by atoms with Crippen LogP contribution in [0.15, 0.2) is 49.2 Å². The lowest BCUT2D eigenvalue weighted by molar-refractivity contribution is -0.0462. The standard InChI is InChI=1S/C20H24FNO8P2/c1-5-27-14(3)28-16-9-13(2)18(17(21)10-16)19-29-31(4,24)20(23,32(25,26)30-19)11-15-7-6-8-22-12-15/h6-10,12,19,23H,3,5,11H2,1-2,4H3,(H,25,26). The van der Waals surface area contributed by atoms with Gasteiger partial charge in [-0.25, -0.2) is 4.39 Å². The molecular formula is C20H24FNO8P2. The molecule has 0 radical (unpaired) electrons. The van der Waals surface area contributed by atoms with Crippen LogP contribution in [-0.4, -0.2) is 33.3 Å². The Morgan fingerprint density at radius 2 is 2.09 bits per heavy atom. The van der Waals surface area contributed by atoms with Gasteiger partial charge in [0.2, 0.25) is 18.7 Å². The van der Waals surface area contributed by atoms with Crippen LogP contribution in [0.2, 0.25) is 0 Å². The predicted molar refractivity (Wildman–Crippen MR) is 114 cm³/mol. The monoisotopic (exact) mass is 487 g/mol. The quantitative estimate of drug-likeness (QED) is 0.431. The molecular weight excluding hydrogens is 463 g/mol. The van der Waals surface area contributed by atoms with E-state index in [9.17, 15) is 23.5 Å². The van der Waals surface area contributed by atoms with Crippen LogP contribution in [0, 0.1) is 12.7 Å². The summed E-state index contributed by atoms with van der Waals surface area (Å²) in [5.74, 6) is -0.868. The van der Waals surface area contributed by atoms with Gasteiger partial charge < -0.3 is 19.5 Å². The zero-order valence-electron chi connectivity index (χ0n) is 17.7. The number of aromatic nitrogens is 1. The minimum Gasteiger partial charge on any atom is -0.466 e. The van der Waals surface area contributed by atoms with E-state index >= 15 is 0 Å². The summed E-state index contributed by atoms with van der Waals surface area (Å²) in [7, 11) is -9.24. The highest BCUT2D eigenvalue weighted by molar-refractivity contribution is 7.75. The van der Waals surface area contributed by atoms with Crippen LogP contribution in [0.3, 0.4) is 0 Å². The predicted octanol–water partition coefficient (Wildman–Crippen LogP) is 4.44. The topological polar surface area (TPSA) is 124 Å². The van der Waals surface area contributed by atoms with Crippen LogP contribution in [0.4, 0.5) is 4.39 Å². The van der Waals surface area contributed by atoms with E-state index in [0.29, 0.717) is 12.2 Å². The Hall–Kier alpha value is -2.06. The van der Waals surface area contributed by atoms with Crippen molar-refractivity contribution in [2.75, 3.05) is 13.3 Å². The highest BCUT2D eigenvalue weighted by Crippen LogP contribution is 2.79. The minimum atomic E-state index is -4.99. The number of hydrogen-bond acceptors (Lipinski definition) is 8. The first-order valence-electron chi connectivity index (χ1n) is 9.58. The van der Waals surface area contributed by atoms with Crippen LogP contribution in [0.25, 0.3) is 0 Å². The third-order valence-electron chi connectivity index (χ3n) is 4.89. The fraction of sp³-hybridized carbons (Fsp3) is 0.350. The van der Waals surface area contributed by atoms with E-state index in [1.807, 2.05) is 0 Å². The number of rotatable bonds is 7. The molecule has 1 fully saturated rings. The number of benzene rings is 1. The number of aryl methyl sites for hydroxylation is 1. The molecule has 174 valence electrons. The summed E-state index contributed by atoms with van der Waals surface area (Å²) in [5.41, 5.74) is 0.321. The van der Waals surface area contributed by atoms with Crippen LogP contribution in [0.1, 0.15) is 29.9 Å². The van der Waals surface area contributed by atoms with E-state index in [0.717, 1.165) is 12.7 Å². The van der Waals surface area contributed by atoms with Crippen LogP contribution >= 0.6 is 15.0 Å². The third kappa shape index (κ3) is 4.66. The van der Waals surface area contributed by atoms with Gasteiger partial charge in [-0.3, -0.25) is 23.2 Å². The molecule has 2 heterocycles. The normalized spacial score (nSPS) is 30.0. The number of halogens is 1. The number of hydrogen-bond donors (Lipinski definition) is 2. The van der Waals surface area contributed by atoms with E-state index in [1.54, 1.807) is 13.0 Å². The molecule has 4 unspecified atom stereocenters. The highest BCUT2D eigenvalue weighted by atomic mass is 31.2. The molecule has 32 heavy (non-hydrogen) atoms. The minimum absolute atomic E-state index is 0.0393. The lowest BCUT2D eigenvalue weighted by atomic mass is 10.1. The molecule has 1 saturated heterocycles. The van der Waals surface area contributed by atoms with Gasteiger partial charge >= 0.3 is 7.60 Å². The molecule has 2 N–H and O–H groups in total. The largest absolute Gasteiger partial charge is 0.466 e. The summed E-state index contributed by atoms with van der Waals surface area (Å²) >= 11 is 0. The molecule has 4 atom stereocenters. The molecule has 1 aromatic carbocycles. The van der Waals surface area contributed by atoms with E-state index in [1.165, 1.54) is 31.5 Å². The Bertz CT molecular complexity index is 1060. The average Bonchev–Trinajstić information content (AvgIpc) is 2.66. The fourth-order valence-electron chi connectivity index (χ4n) is 3.26. The molecule has 9 nitrogen and oxygen atoms in total. The Kier molecular flexibility index (Phi) is 6.96. The number of nitrogens with zero attached hydrogens (tertiary/aromatic N) is 1. The van der Waals surface area contributed by atoms with Crippen molar-refractivity contribution in [3.8, 4) is 5.75 Å². The van der Waals surface area contributed by atoms with Crippen molar-refractivity contribution in [2.24, 2.45) is 0 Å². The van der Waals surface area contributed by atoms with E-state index in [-0.39, 0.29) is 22.8 Å². The zero-order chi connectivity index (χ0) is 23.7. The zero-order valence-corrected chi connectivity index (χ0v) is 19.5. The summed E-state index contributed by atoms with van der Waals surface area (Å²) in [6.07, 6.45) is 0.524. The first-order valence-corrected chi connectivity index (χ1v) is 13.2. The molecule has 1 aliphatic heterocycles. The maximum atomic E-state index is 14.9. The van der Waals surface area contributed by atoms with Crippen molar-refractivity contribution >= 4 is 15.0 Å². The van der Waals surface area contributed by atoms with Crippen molar-refractivity contribution in [3.63, 3.8) is 0 Å². The Labute approximate surface area is 184 Å². The molecule has 12 heteroatoms. The first kappa shape index (κ1) is 24.6. The summed E-state index contributed by atoms with van der Waals surface area (Å²) in [6, 6.07) is 5.49. The SMILES string of the molecule is C=C(OCC)Oc1cc(C)c(C2OP(C)(=O)C(O)(Cc3cccnc3)P(=O)(O)O2)c(F)c1. The fourth-order valence-corrected chi connectivity index (χ4v) is 7.56. The van der Waals surface area contributed by atoms with Gasteiger partial charge in [0.25, 0.3) is 5.95 Å². The Morgan fingerprint density at radius 3 is 2.66 bits per heavy atom. The third-order valence-corrected chi connectivity index (χ3v) is 10.3. The molecule has 0 amide bonds. The molecule has 0 aliphatic carbocycles. The van der Waals surface area contributed by atoms with Gasteiger partial charge in [0.1, 0.15) is 11.6 Å². The molecule has 0 saturated carbocycles. The highest BCUT2D eigenvalue weighted by Gasteiger charge is 2.65. The summed E-state index contributed by atoms with van der Waals surface area (Å²) < 4.78 is 62.2. The second kappa shape index (κ2) is 9.06. The van der Waals surface area contributed by atoms with Gasteiger partial charge in [0, 0.05) is 37.1 Å². The maximum absolute atomic E-state index is 14.9. The molecule has 0 bridgehead atoms. The summed E-state index contributed by atoms with van der Waals surface area (Å²) in [4.78, 5) is 14.4. The lowest BCUT2D eigenvalue weighted by Crippen LogP contribution is -2.38. The van der Waals surface area contributed by atoms with Crippen molar-refractivity contribution in [2.45, 2.75) is 31.6 Å². The second-order valence-electron chi connectivity index (χ2n) is 7.26.